The number of hydrogen-bond donors (Lipinski definition) is 1. The first-order valence-corrected chi connectivity index (χ1v) is 4.50. The molecule has 1 aromatic rings. The number of rotatable bonds is 3. The zero-order valence-corrected chi connectivity index (χ0v) is 8.51. The molecule has 0 aliphatic rings. The molecule has 0 radical (unpaired) electrons. The van der Waals surface area contributed by atoms with Gasteiger partial charge < -0.3 is 5.32 Å². The second kappa shape index (κ2) is 4.83. The van der Waals surface area contributed by atoms with Crippen molar-refractivity contribution in [2.24, 2.45) is 0 Å². The van der Waals surface area contributed by atoms with Gasteiger partial charge in [0.25, 0.3) is 0 Å². The van der Waals surface area contributed by atoms with Crippen LogP contribution in [0.25, 0.3) is 0 Å². The molecule has 0 saturated heterocycles. The monoisotopic (exact) mass is 229 g/mol. The zero-order valence-electron chi connectivity index (χ0n) is 8.51. The number of allylic oxidation sites excluding steroid dienone is 2. The molecule has 16 heavy (non-hydrogen) atoms. The van der Waals surface area contributed by atoms with E-state index in [9.17, 15) is 18.0 Å². The number of hydrogen-bond acceptors (Lipinski definition) is 2. The van der Waals surface area contributed by atoms with Gasteiger partial charge in [0.1, 0.15) is 12.0 Å². The van der Waals surface area contributed by atoms with E-state index >= 15 is 0 Å². The molecule has 0 aliphatic heterocycles. The maximum Gasteiger partial charge on any atom is 0.431 e. The Labute approximate surface area is 90.8 Å². The lowest BCUT2D eigenvalue weighted by molar-refractivity contribution is -0.107. The number of para-hydroxylation sites is 1. The van der Waals surface area contributed by atoms with Crippen LogP contribution in [0.2, 0.25) is 0 Å². The summed E-state index contributed by atoms with van der Waals surface area (Å²) in [6.45, 7) is 1.12. The van der Waals surface area contributed by atoms with Gasteiger partial charge in [-0.2, -0.15) is 13.2 Å². The average Bonchev–Trinajstić information content (AvgIpc) is 2.25. The third-order valence-corrected chi connectivity index (χ3v) is 1.90. The molecule has 0 unspecified atom stereocenters. The molecule has 0 bridgehead atoms. The Morgan fingerprint density at radius 2 is 1.81 bits per heavy atom. The van der Waals surface area contributed by atoms with Crippen molar-refractivity contribution in [3.8, 4) is 0 Å². The van der Waals surface area contributed by atoms with Crippen molar-refractivity contribution in [2.45, 2.75) is 13.1 Å². The van der Waals surface area contributed by atoms with Gasteiger partial charge in [0.15, 0.2) is 0 Å². The third kappa shape index (κ3) is 3.12. The van der Waals surface area contributed by atoms with Gasteiger partial charge in [-0.1, -0.05) is 18.2 Å². The lowest BCUT2D eigenvalue weighted by atomic mass is 10.2. The lowest BCUT2D eigenvalue weighted by Gasteiger charge is -2.15. The predicted molar refractivity (Wildman–Crippen MR) is 54.9 cm³/mol. The minimum absolute atomic E-state index is 0.179. The number of nitrogens with one attached hydrogen (secondary N) is 1. The molecule has 0 saturated carbocycles. The quantitative estimate of drug-likeness (QED) is 0.637. The van der Waals surface area contributed by atoms with Gasteiger partial charge in [-0.25, -0.2) is 0 Å². The largest absolute Gasteiger partial charge is 0.431 e. The van der Waals surface area contributed by atoms with Crippen LogP contribution in [0.5, 0.6) is 0 Å². The Morgan fingerprint density at radius 1 is 1.25 bits per heavy atom. The smallest absolute Gasteiger partial charge is 0.351 e. The number of benzene rings is 1. The number of carbonyl (C=O) groups is 1. The Balaban J connectivity index is 3.03. The van der Waals surface area contributed by atoms with Crippen LogP contribution in [-0.2, 0) is 4.79 Å². The van der Waals surface area contributed by atoms with Crippen LogP contribution in [0.3, 0.4) is 0 Å². The summed E-state index contributed by atoms with van der Waals surface area (Å²) < 4.78 is 37.7. The molecular formula is C11H10F3NO. The number of halogens is 3. The van der Waals surface area contributed by atoms with Gasteiger partial charge >= 0.3 is 6.18 Å². The molecule has 2 nitrogen and oxygen atoms in total. The number of alkyl halides is 3. The fraction of sp³-hybridized carbons (Fsp3) is 0.182. The van der Waals surface area contributed by atoms with E-state index in [0.29, 0.717) is 0 Å². The Bertz CT molecular complexity index is 395. The second-order valence-corrected chi connectivity index (χ2v) is 3.16. The molecule has 1 N–H and O–H groups in total. The predicted octanol–water partition coefficient (Wildman–Crippen LogP) is 3.13. The van der Waals surface area contributed by atoms with E-state index in [1.54, 1.807) is 18.2 Å². The topological polar surface area (TPSA) is 29.1 Å². The summed E-state index contributed by atoms with van der Waals surface area (Å²) in [5.41, 5.74) is -1.12. The fourth-order valence-corrected chi connectivity index (χ4v) is 1.12. The molecule has 0 aliphatic carbocycles. The number of anilines is 1. The summed E-state index contributed by atoms with van der Waals surface area (Å²) in [6, 6.07) is 7.88. The molecule has 0 atom stereocenters. The van der Waals surface area contributed by atoms with E-state index in [2.05, 4.69) is 5.32 Å². The maximum atomic E-state index is 12.6. The van der Waals surface area contributed by atoms with Crippen molar-refractivity contribution < 1.29 is 18.0 Å². The summed E-state index contributed by atoms with van der Waals surface area (Å²) in [5, 5.41) is 2.19. The van der Waals surface area contributed by atoms with Crippen molar-refractivity contribution >= 4 is 12.0 Å². The van der Waals surface area contributed by atoms with E-state index in [1.165, 1.54) is 12.1 Å². The van der Waals surface area contributed by atoms with Crippen molar-refractivity contribution in [3.63, 3.8) is 0 Å². The highest BCUT2D eigenvalue weighted by Gasteiger charge is 2.35. The average molecular weight is 229 g/mol. The van der Waals surface area contributed by atoms with Crippen LogP contribution >= 0.6 is 0 Å². The van der Waals surface area contributed by atoms with E-state index in [-0.39, 0.29) is 17.5 Å². The zero-order chi connectivity index (χ0) is 12.2. The minimum atomic E-state index is -4.57. The standard InChI is InChI=1S/C11H10F3NO/c1-8(7-16)10(11(12,13)14)15-9-5-3-2-4-6-9/h2-7,15H,1H3/b10-8+. The molecule has 0 spiro atoms. The molecule has 5 heteroatoms. The van der Waals surface area contributed by atoms with E-state index < -0.39 is 11.9 Å². The first-order chi connectivity index (χ1) is 7.45. The highest BCUT2D eigenvalue weighted by molar-refractivity contribution is 5.75. The summed E-state index contributed by atoms with van der Waals surface area (Å²) >= 11 is 0. The van der Waals surface area contributed by atoms with Gasteiger partial charge in [-0.05, 0) is 19.1 Å². The highest BCUT2D eigenvalue weighted by Crippen LogP contribution is 2.28. The van der Waals surface area contributed by atoms with E-state index in [4.69, 9.17) is 0 Å². The number of aldehydes is 1. The molecule has 0 amide bonds. The third-order valence-electron chi connectivity index (χ3n) is 1.90. The molecule has 0 aromatic heterocycles. The molecule has 0 fully saturated rings. The Hall–Kier alpha value is -1.78. The van der Waals surface area contributed by atoms with Gasteiger partial charge in [0, 0.05) is 11.3 Å². The fourth-order valence-electron chi connectivity index (χ4n) is 1.12. The number of carbonyl (C=O) groups excluding carboxylic acids is 1. The minimum Gasteiger partial charge on any atom is -0.351 e. The van der Waals surface area contributed by atoms with Crippen LogP contribution in [0.1, 0.15) is 6.92 Å². The summed E-state index contributed by atoms with van der Waals surface area (Å²) in [6.07, 6.45) is -4.39. The lowest BCUT2D eigenvalue weighted by Crippen LogP contribution is -2.21. The normalized spacial score (nSPS) is 13.0. The molecule has 86 valence electrons. The molecular weight excluding hydrogens is 219 g/mol. The summed E-state index contributed by atoms with van der Waals surface area (Å²) in [7, 11) is 0. The van der Waals surface area contributed by atoms with Crippen molar-refractivity contribution in [1.29, 1.82) is 0 Å². The Kier molecular flexibility index (Phi) is 3.71. The molecule has 1 rings (SSSR count). The van der Waals surface area contributed by atoms with Crippen LogP contribution in [0, 0.1) is 0 Å². The highest BCUT2D eigenvalue weighted by atomic mass is 19.4. The summed E-state index contributed by atoms with van der Waals surface area (Å²) in [4.78, 5) is 10.4. The Morgan fingerprint density at radius 3 is 2.25 bits per heavy atom. The van der Waals surface area contributed by atoms with E-state index in [0.717, 1.165) is 6.92 Å². The van der Waals surface area contributed by atoms with Crippen LogP contribution < -0.4 is 5.32 Å². The van der Waals surface area contributed by atoms with Crippen LogP contribution in [-0.4, -0.2) is 12.5 Å². The molecule has 1 aromatic carbocycles. The van der Waals surface area contributed by atoms with Crippen LogP contribution in [0.15, 0.2) is 41.6 Å². The van der Waals surface area contributed by atoms with Crippen molar-refractivity contribution in [3.05, 3.63) is 41.6 Å². The van der Waals surface area contributed by atoms with Gasteiger partial charge in [-0.15, -0.1) is 0 Å². The van der Waals surface area contributed by atoms with Crippen molar-refractivity contribution in [1.82, 2.24) is 0 Å². The van der Waals surface area contributed by atoms with Gasteiger partial charge in [0.05, 0.1) is 0 Å². The van der Waals surface area contributed by atoms with Crippen LogP contribution in [0.4, 0.5) is 18.9 Å². The second-order valence-electron chi connectivity index (χ2n) is 3.16. The van der Waals surface area contributed by atoms with E-state index in [1.807, 2.05) is 0 Å². The first-order valence-electron chi connectivity index (χ1n) is 4.50. The summed E-state index contributed by atoms with van der Waals surface area (Å²) in [5.74, 6) is 0. The van der Waals surface area contributed by atoms with Gasteiger partial charge in [-0.3, -0.25) is 4.79 Å². The maximum absolute atomic E-state index is 12.6. The van der Waals surface area contributed by atoms with Crippen molar-refractivity contribution in [2.75, 3.05) is 5.32 Å². The SMILES string of the molecule is C/C(C=O)=C(\Nc1ccccc1)C(F)(F)F. The molecule has 0 heterocycles. The van der Waals surface area contributed by atoms with Gasteiger partial charge in [0.2, 0.25) is 0 Å². The first kappa shape index (κ1) is 12.3.